The minimum absolute atomic E-state index is 0.0371. The van der Waals surface area contributed by atoms with Crippen LogP contribution >= 0.6 is 11.6 Å². The number of anilines is 1. The van der Waals surface area contributed by atoms with Gasteiger partial charge in [-0.1, -0.05) is 23.7 Å². The molecule has 3 aromatic rings. The molecule has 0 aliphatic heterocycles. The Morgan fingerprint density at radius 1 is 1.12 bits per heavy atom. The van der Waals surface area contributed by atoms with E-state index in [0.29, 0.717) is 16.2 Å². The molecule has 26 heavy (non-hydrogen) atoms. The number of pyridine rings is 1. The Balaban J connectivity index is 2.01. The lowest BCUT2D eigenvalue weighted by Crippen LogP contribution is -2.31. The molecule has 1 aromatic carbocycles. The van der Waals surface area contributed by atoms with E-state index in [1.807, 2.05) is 20.8 Å². The van der Waals surface area contributed by atoms with E-state index < -0.39 is 5.91 Å². The van der Waals surface area contributed by atoms with Gasteiger partial charge in [-0.3, -0.25) is 14.0 Å². The molecule has 0 bridgehead atoms. The highest BCUT2D eigenvalue weighted by Crippen LogP contribution is 2.24. The fraction of sp³-hybridized carbons (Fsp3) is 0.211. The summed E-state index contributed by atoms with van der Waals surface area (Å²) in [6, 6.07) is 10.6. The van der Waals surface area contributed by atoms with Gasteiger partial charge in [-0.15, -0.1) is 0 Å². The summed E-state index contributed by atoms with van der Waals surface area (Å²) < 4.78 is 1.61. The highest BCUT2D eigenvalue weighted by Gasteiger charge is 2.22. The highest BCUT2D eigenvalue weighted by atomic mass is 35.5. The van der Waals surface area contributed by atoms with E-state index in [1.165, 1.54) is 0 Å². The number of nitrogens with zero attached hydrogens (tertiary/aromatic N) is 2. The molecule has 0 saturated heterocycles. The smallest absolute Gasteiger partial charge is 0.287 e. The third kappa shape index (κ3) is 3.41. The molecule has 6 nitrogen and oxygen atoms in total. The van der Waals surface area contributed by atoms with E-state index in [-0.39, 0.29) is 23.5 Å². The fourth-order valence-corrected chi connectivity index (χ4v) is 2.79. The Hall–Kier alpha value is -2.86. The number of imidazole rings is 1. The molecule has 0 spiro atoms. The predicted molar refractivity (Wildman–Crippen MR) is 102 cm³/mol. The third-order valence-corrected chi connectivity index (χ3v) is 4.31. The highest BCUT2D eigenvalue weighted by molar-refractivity contribution is 6.31. The topological polar surface area (TPSA) is 75.5 Å². The number of aromatic nitrogens is 2. The van der Waals surface area contributed by atoms with Gasteiger partial charge in [0, 0.05) is 22.9 Å². The number of hydrogen-bond acceptors (Lipinski definition) is 3. The summed E-state index contributed by atoms with van der Waals surface area (Å²) in [5.74, 6) is -0.566. The van der Waals surface area contributed by atoms with E-state index in [4.69, 9.17) is 11.6 Å². The van der Waals surface area contributed by atoms with Gasteiger partial charge in [0.2, 0.25) is 5.82 Å². The molecule has 0 saturated carbocycles. The van der Waals surface area contributed by atoms with Crippen molar-refractivity contribution in [1.82, 2.24) is 14.7 Å². The van der Waals surface area contributed by atoms with E-state index in [2.05, 4.69) is 15.6 Å². The van der Waals surface area contributed by atoms with Crippen molar-refractivity contribution in [2.24, 2.45) is 0 Å². The van der Waals surface area contributed by atoms with Gasteiger partial charge in [-0.2, -0.15) is 0 Å². The first-order valence-corrected chi connectivity index (χ1v) is 8.60. The maximum Gasteiger partial charge on any atom is 0.287 e. The van der Waals surface area contributed by atoms with Crippen LogP contribution in [-0.2, 0) is 0 Å². The fourth-order valence-electron chi connectivity index (χ4n) is 2.62. The summed E-state index contributed by atoms with van der Waals surface area (Å²) in [6.45, 7) is 5.55. The summed E-state index contributed by atoms with van der Waals surface area (Å²) in [4.78, 5) is 29.5. The number of rotatable bonds is 4. The molecule has 7 heteroatoms. The van der Waals surface area contributed by atoms with Crippen molar-refractivity contribution in [3.05, 3.63) is 64.7 Å². The molecule has 0 aliphatic rings. The summed E-state index contributed by atoms with van der Waals surface area (Å²) in [5.41, 5.74) is 2.11. The SMILES string of the molecule is Cc1c(Cl)cccc1NC(=O)c1nc(C(=O)NC(C)C)n2ccccc12. The Labute approximate surface area is 156 Å². The first-order chi connectivity index (χ1) is 12.4. The lowest BCUT2D eigenvalue weighted by atomic mass is 10.2. The molecule has 0 unspecified atom stereocenters. The second-order valence-electron chi connectivity index (χ2n) is 6.23. The molecular formula is C19H19ClN4O2. The molecule has 0 aliphatic carbocycles. The van der Waals surface area contributed by atoms with Crippen LogP contribution in [0.3, 0.4) is 0 Å². The first kappa shape index (κ1) is 17.9. The van der Waals surface area contributed by atoms with Gasteiger partial charge in [-0.05, 0) is 50.6 Å². The van der Waals surface area contributed by atoms with Crippen LogP contribution in [0.1, 0.15) is 40.5 Å². The molecule has 0 radical (unpaired) electrons. The zero-order chi connectivity index (χ0) is 18.8. The normalized spacial score (nSPS) is 11.0. The Morgan fingerprint density at radius 3 is 2.62 bits per heavy atom. The second kappa shape index (κ2) is 7.17. The number of benzene rings is 1. The van der Waals surface area contributed by atoms with Crippen molar-refractivity contribution in [3.63, 3.8) is 0 Å². The number of carbonyl (C=O) groups excluding carboxylic acids is 2. The first-order valence-electron chi connectivity index (χ1n) is 8.23. The monoisotopic (exact) mass is 370 g/mol. The van der Waals surface area contributed by atoms with Crippen LogP contribution in [0.4, 0.5) is 5.69 Å². The standard InChI is InChI=1S/C19H19ClN4O2/c1-11(2)21-19(26)17-23-16(15-9-4-5-10-24(15)17)18(25)22-14-8-6-7-13(20)12(14)3/h4-11H,1-3H3,(H,21,26)(H,22,25). The van der Waals surface area contributed by atoms with E-state index >= 15 is 0 Å². The van der Waals surface area contributed by atoms with Gasteiger partial charge in [-0.25, -0.2) is 4.98 Å². The minimum Gasteiger partial charge on any atom is -0.347 e. The zero-order valence-corrected chi connectivity index (χ0v) is 15.5. The number of amides is 2. The minimum atomic E-state index is -0.400. The van der Waals surface area contributed by atoms with E-state index in [9.17, 15) is 9.59 Å². The lowest BCUT2D eigenvalue weighted by Gasteiger charge is -2.08. The van der Waals surface area contributed by atoms with Crippen molar-refractivity contribution in [2.45, 2.75) is 26.8 Å². The van der Waals surface area contributed by atoms with Gasteiger partial charge in [0.15, 0.2) is 5.69 Å². The largest absolute Gasteiger partial charge is 0.347 e. The van der Waals surface area contributed by atoms with Crippen LogP contribution in [0.25, 0.3) is 5.52 Å². The summed E-state index contributed by atoms with van der Waals surface area (Å²) in [5, 5.41) is 6.18. The van der Waals surface area contributed by atoms with Crippen molar-refractivity contribution < 1.29 is 9.59 Å². The van der Waals surface area contributed by atoms with Crippen LogP contribution < -0.4 is 10.6 Å². The maximum atomic E-state index is 12.8. The number of fused-ring (bicyclic) bond motifs is 1. The average Bonchev–Trinajstić information content (AvgIpc) is 2.98. The zero-order valence-electron chi connectivity index (χ0n) is 14.7. The second-order valence-corrected chi connectivity index (χ2v) is 6.64. The molecular weight excluding hydrogens is 352 g/mol. The van der Waals surface area contributed by atoms with Gasteiger partial charge in [0.25, 0.3) is 11.8 Å². The van der Waals surface area contributed by atoms with Gasteiger partial charge in [0.05, 0.1) is 5.52 Å². The van der Waals surface area contributed by atoms with Crippen LogP contribution in [-0.4, -0.2) is 27.2 Å². The number of hydrogen-bond donors (Lipinski definition) is 2. The molecule has 2 heterocycles. The summed E-state index contributed by atoms with van der Waals surface area (Å²) in [7, 11) is 0. The van der Waals surface area contributed by atoms with Gasteiger partial charge >= 0.3 is 0 Å². The lowest BCUT2D eigenvalue weighted by molar-refractivity contribution is 0.0932. The van der Waals surface area contributed by atoms with E-state index in [1.54, 1.807) is 47.0 Å². The number of nitrogens with one attached hydrogen (secondary N) is 2. The Bertz CT molecular complexity index is 994. The number of halogens is 1. The molecule has 0 fully saturated rings. The van der Waals surface area contributed by atoms with Crippen LogP contribution in [0.5, 0.6) is 0 Å². The van der Waals surface area contributed by atoms with Crippen molar-refractivity contribution in [1.29, 1.82) is 0 Å². The van der Waals surface area contributed by atoms with Gasteiger partial charge in [0.1, 0.15) is 0 Å². The molecule has 3 rings (SSSR count). The number of carbonyl (C=O) groups is 2. The maximum absolute atomic E-state index is 12.8. The van der Waals surface area contributed by atoms with Crippen LogP contribution in [0, 0.1) is 6.92 Å². The van der Waals surface area contributed by atoms with Crippen LogP contribution in [0.2, 0.25) is 5.02 Å². The van der Waals surface area contributed by atoms with E-state index in [0.717, 1.165) is 5.56 Å². The summed E-state index contributed by atoms with van der Waals surface area (Å²) in [6.07, 6.45) is 1.71. The average molecular weight is 371 g/mol. The third-order valence-electron chi connectivity index (χ3n) is 3.90. The predicted octanol–water partition coefficient (Wildman–Crippen LogP) is 3.69. The van der Waals surface area contributed by atoms with Crippen LogP contribution in [0.15, 0.2) is 42.6 Å². The Morgan fingerprint density at radius 2 is 1.88 bits per heavy atom. The molecule has 2 aromatic heterocycles. The Kier molecular flexibility index (Phi) is 4.95. The molecule has 2 N–H and O–H groups in total. The summed E-state index contributed by atoms with van der Waals surface area (Å²) >= 11 is 6.11. The van der Waals surface area contributed by atoms with Crippen molar-refractivity contribution in [2.75, 3.05) is 5.32 Å². The van der Waals surface area contributed by atoms with Crippen molar-refractivity contribution in [3.8, 4) is 0 Å². The molecule has 2 amide bonds. The van der Waals surface area contributed by atoms with Crippen molar-refractivity contribution >= 4 is 34.6 Å². The quantitative estimate of drug-likeness (QED) is 0.735. The van der Waals surface area contributed by atoms with Gasteiger partial charge < -0.3 is 10.6 Å². The molecule has 134 valence electrons. The molecule has 0 atom stereocenters.